The minimum atomic E-state index is -0.359. The minimum Gasteiger partial charge on any atom is -0.698 e. The van der Waals surface area contributed by atoms with Gasteiger partial charge in [0.1, 0.15) is 0 Å². The van der Waals surface area contributed by atoms with E-state index in [4.69, 9.17) is 0 Å². The average molecular weight is 330 g/mol. The number of esters is 1. The summed E-state index contributed by atoms with van der Waals surface area (Å²) in [6, 6.07) is 0. The standard InChI is InChI=1S/2C5H9O2.Cu.Zn/c2*1-3-5(6)7-4-2;;/h1,3-4H2,2H3;3,6H,1,4H2,2H3;;/q2*-1;+1;+2/p-1/b;5-3+;;. The minimum absolute atomic E-state index is 0. The van der Waals surface area contributed by atoms with Gasteiger partial charge in [0.2, 0.25) is 0 Å². The first-order valence-electron chi connectivity index (χ1n) is 4.36. The van der Waals surface area contributed by atoms with Crippen molar-refractivity contribution in [2.75, 3.05) is 13.2 Å². The van der Waals surface area contributed by atoms with E-state index in [0.29, 0.717) is 13.2 Å². The van der Waals surface area contributed by atoms with Crippen molar-refractivity contribution in [3.63, 3.8) is 0 Å². The summed E-state index contributed by atoms with van der Waals surface area (Å²) in [5, 5.41) is 10.1. The maximum absolute atomic E-state index is 10.1. The third-order valence-corrected chi connectivity index (χ3v) is 0.963. The van der Waals surface area contributed by atoms with Crippen molar-refractivity contribution >= 4 is 5.97 Å². The summed E-state index contributed by atoms with van der Waals surface area (Å²) in [6.07, 6.45) is 1.37. The number of carbonyl (C=O) groups is 1. The van der Waals surface area contributed by atoms with E-state index in [1.165, 1.54) is 0 Å². The van der Waals surface area contributed by atoms with E-state index in [-0.39, 0.29) is 54.9 Å². The molecule has 0 unspecified atom stereocenters. The fourth-order valence-electron chi connectivity index (χ4n) is 0.434. The van der Waals surface area contributed by atoms with Crippen molar-refractivity contribution < 1.29 is 55.9 Å². The molecule has 0 amide bonds. The zero-order valence-corrected chi connectivity index (χ0v) is 13.7. The first-order valence-corrected chi connectivity index (χ1v) is 4.36. The van der Waals surface area contributed by atoms with Crippen molar-refractivity contribution in [2.24, 2.45) is 0 Å². The molecule has 0 aliphatic rings. The Labute approximate surface area is 121 Å². The van der Waals surface area contributed by atoms with Crippen LogP contribution < -0.4 is 5.11 Å². The third-order valence-electron chi connectivity index (χ3n) is 0.963. The summed E-state index contributed by atoms with van der Waals surface area (Å²) in [5.74, 6) is -0.593. The van der Waals surface area contributed by atoms with Crippen LogP contribution in [-0.4, -0.2) is 19.2 Å². The molecule has 16 heavy (non-hydrogen) atoms. The van der Waals surface area contributed by atoms with E-state index in [1.54, 1.807) is 13.8 Å². The number of allylic oxidation sites excluding steroid dienone is 1. The van der Waals surface area contributed by atoms with Crippen LogP contribution in [0, 0.1) is 13.8 Å². The van der Waals surface area contributed by atoms with Gasteiger partial charge in [0.05, 0.1) is 6.61 Å². The summed E-state index contributed by atoms with van der Waals surface area (Å²) < 4.78 is 8.92. The molecule has 6 heteroatoms. The van der Waals surface area contributed by atoms with Gasteiger partial charge < -0.3 is 21.5 Å². The van der Waals surface area contributed by atoms with Gasteiger partial charge in [-0.1, -0.05) is 13.3 Å². The van der Waals surface area contributed by atoms with Crippen LogP contribution in [0.5, 0.6) is 0 Å². The van der Waals surface area contributed by atoms with Crippen LogP contribution in [0.3, 0.4) is 0 Å². The molecule has 0 aromatic carbocycles. The predicted octanol–water partition coefficient (Wildman–Crippen LogP) is 0.827. The number of rotatable bonds is 4. The van der Waals surface area contributed by atoms with E-state index in [0.717, 1.165) is 6.08 Å². The Morgan fingerprint density at radius 1 is 1.31 bits per heavy atom. The normalized spacial score (nSPS) is 8.56. The molecule has 0 aromatic rings. The third kappa shape index (κ3) is 23.6. The molecule has 0 rings (SSSR count). The molecule has 0 saturated heterocycles. The van der Waals surface area contributed by atoms with Crippen LogP contribution in [-0.2, 0) is 50.8 Å². The molecule has 0 saturated carbocycles. The summed E-state index contributed by atoms with van der Waals surface area (Å²) in [4.78, 5) is 10.1. The summed E-state index contributed by atoms with van der Waals surface area (Å²) in [5.41, 5.74) is 0. The Bertz CT molecular complexity index is 174. The van der Waals surface area contributed by atoms with E-state index >= 15 is 0 Å². The molecule has 0 atom stereocenters. The van der Waals surface area contributed by atoms with Crippen LogP contribution in [0.2, 0.25) is 0 Å². The molecule has 0 spiro atoms. The maximum Gasteiger partial charge on any atom is 2.00 e. The van der Waals surface area contributed by atoms with E-state index in [9.17, 15) is 9.90 Å². The number of carbonyl (C=O) groups excluding carboxylic acids is 1. The quantitative estimate of drug-likeness (QED) is 0.332. The molecule has 0 radical (unpaired) electrons. The van der Waals surface area contributed by atoms with Gasteiger partial charge in [-0.2, -0.15) is 0 Å². The van der Waals surface area contributed by atoms with Crippen LogP contribution in [0.25, 0.3) is 0 Å². The first kappa shape index (κ1) is 24.9. The van der Waals surface area contributed by atoms with Crippen molar-refractivity contribution in [3.05, 3.63) is 25.9 Å². The van der Waals surface area contributed by atoms with Crippen LogP contribution >= 0.6 is 0 Å². The topological polar surface area (TPSA) is 58.6 Å². The maximum atomic E-state index is 10.1. The van der Waals surface area contributed by atoms with E-state index in [1.807, 2.05) is 0 Å². The van der Waals surface area contributed by atoms with Gasteiger partial charge in [-0.25, -0.2) is 13.0 Å². The molecule has 0 N–H and O–H groups in total. The van der Waals surface area contributed by atoms with Gasteiger partial charge in [0.25, 0.3) is 5.97 Å². The molecule has 0 aliphatic heterocycles. The molecule has 0 aliphatic carbocycles. The fourth-order valence-corrected chi connectivity index (χ4v) is 0.434. The second-order valence-electron chi connectivity index (χ2n) is 2.01. The van der Waals surface area contributed by atoms with Crippen molar-refractivity contribution in [2.45, 2.75) is 20.3 Å². The van der Waals surface area contributed by atoms with Gasteiger partial charge in [0.15, 0.2) is 0 Å². The Morgan fingerprint density at radius 2 is 1.75 bits per heavy atom. The van der Waals surface area contributed by atoms with Gasteiger partial charge in [-0.15, -0.1) is 5.95 Å². The number of ether oxygens (including phenoxy) is 2. The van der Waals surface area contributed by atoms with Gasteiger partial charge in [0, 0.05) is 0 Å². The molecular formula is C10H17CuO4Zn. The average Bonchev–Trinajstić information content (AvgIpc) is 2.19. The second-order valence-corrected chi connectivity index (χ2v) is 2.01. The molecule has 94 valence electrons. The zero-order chi connectivity index (χ0) is 11.4. The summed E-state index contributed by atoms with van der Waals surface area (Å²) >= 11 is 0. The van der Waals surface area contributed by atoms with Crippen molar-refractivity contribution in [1.29, 1.82) is 0 Å². The van der Waals surface area contributed by atoms with Crippen LogP contribution in [0.4, 0.5) is 0 Å². The molecule has 4 nitrogen and oxygen atoms in total. The van der Waals surface area contributed by atoms with Crippen LogP contribution in [0.15, 0.2) is 12.0 Å². The summed E-state index contributed by atoms with van der Waals surface area (Å²) in [7, 11) is 0. The molecule has 0 bridgehead atoms. The first-order chi connectivity index (χ1) is 6.62. The smallest absolute Gasteiger partial charge is 0.698 e. The monoisotopic (exact) mass is 328 g/mol. The van der Waals surface area contributed by atoms with Gasteiger partial charge in [-0.3, -0.25) is 4.79 Å². The molecule has 0 fully saturated rings. The molecule has 0 heterocycles. The SMILES string of the molecule is [CH2-]/C=C(\[O-])OCC.[CH2-]CC(=O)OCC.[Cu+].[Zn+2]. The Morgan fingerprint density at radius 3 is 1.88 bits per heavy atom. The molecular weight excluding hydrogens is 313 g/mol. The van der Waals surface area contributed by atoms with Crippen molar-refractivity contribution in [1.82, 2.24) is 0 Å². The zero-order valence-electron chi connectivity index (χ0n) is 9.75. The molecule has 0 aromatic heterocycles. The Kier molecular flexibility index (Phi) is 31.5. The predicted molar refractivity (Wildman–Crippen MR) is 51.7 cm³/mol. The van der Waals surface area contributed by atoms with E-state index in [2.05, 4.69) is 23.3 Å². The Hall–Kier alpha value is -0.177. The summed E-state index contributed by atoms with van der Waals surface area (Å²) in [6.45, 7) is 10.9. The second kappa shape index (κ2) is 20.3. The number of hydrogen-bond donors (Lipinski definition) is 0. The Balaban J connectivity index is -0.0000000800. The van der Waals surface area contributed by atoms with E-state index < -0.39 is 0 Å². The van der Waals surface area contributed by atoms with Gasteiger partial charge >= 0.3 is 36.5 Å². The number of hydrogen-bond acceptors (Lipinski definition) is 4. The fraction of sp³-hybridized carbons (Fsp3) is 0.500. The van der Waals surface area contributed by atoms with Crippen molar-refractivity contribution in [3.8, 4) is 0 Å². The van der Waals surface area contributed by atoms with Gasteiger partial charge in [-0.05, 0) is 13.5 Å². The van der Waals surface area contributed by atoms with Crippen LogP contribution in [0.1, 0.15) is 20.3 Å². The largest absolute Gasteiger partial charge is 2.00 e.